The van der Waals surface area contributed by atoms with Crippen LogP contribution in [0.4, 0.5) is 0 Å². The van der Waals surface area contributed by atoms with Gasteiger partial charge in [0, 0.05) is 14.1 Å². The molecule has 1 rings (SSSR count). The molecule has 0 aliphatic heterocycles. The molecule has 0 unspecified atom stereocenters. The number of carbonyl (C=O) groups excluding carboxylic acids is 2. The minimum absolute atomic E-state index is 0.0661. The lowest BCUT2D eigenvalue weighted by Crippen LogP contribution is -2.37. The van der Waals surface area contributed by atoms with Gasteiger partial charge in [-0.2, -0.15) is 0 Å². The summed E-state index contributed by atoms with van der Waals surface area (Å²) in [5.41, 5.74) is -0.0114. The quantitative estimate of drug-likeness (QED) is 0.799. The van der Waals surface area contributed by atoms with E-state index in [0.717, 1.165) is 0 Å². The summed E-state index contributed by atoms with van der Waals surface area (Å²) in [4.78, 5) is 35.3. The van der Waals surface area contributed by atoms with Crippen LogP contribution in [0.3, 0.4) is 0 Å². The number of aromatic carboxylic acids is 1. The highest BCUT2D eigenvalue weighted by molar-refractivity contribution is 6.05. The molecule has 96 valence electrons. The Morgan fingerprint density at radius 1 is 1.22 bits per heavy atom. The van der Waals surface area contributed by atoms with E-state index in [1.807, 2.05) is 0 Å². The molecule has 0 aliphatic rings. The topological polar surface area (TPSA) is 86.7 Å². The van der Waals surface area contributed by atoms with Crippen molar-refractivity contribution in [2.75, 3.05) is 20.6 Å². The van der Waals surface area contributed by atoms with Crippen molar-refractivity contribution < 1.29 is 19.5 Å². The first kappa shape index (κ1) is 13.7. The molecular formula is C12H14N2O4. The van der Waals surface area contributed by atoms with Gasteiger partial charge in [0.25, 0.3) is 5.91 Å². The molecule has 0 spiro atoms. The Morgan fingerprint density at radius 3 is 2.28 bits per heavy atom. The minimum Gasteiger partial charge on any atom is -0.478 e. The first-order chi connectivity index (χ1) is 8.47. The van der Waals surface area contributed by atoms with Crippen LogP contribution in [0.15, 0.2) is 24.3 Å². The second-order valence-corrected chi connectivity index (χ2v) is 3.69. The van der Waals surface area contributed by atoms with Gasteiger partial charge in [-0.15, -0.1) is 0 Å². The Bertz CT molecular complexity index is 485. The zero-order chi connectivity index (χ0) is 13.7. The van der Waals surface area contributed by atoms with E-state index in [9.17, 15) is 14.4 Å². The Morgan fingerprint density at radius 2 is 1.78 bits per heavy atom. The third-order valence-electron chi connectivity index (χ3n) is 2.39. The summed E-state index contributed by atoms with van der Waals surface area (Å²) in [6, 6.07) is 5.89. The fraction of sp³-hybridized carbons (Fsp3) is 0.250. The van der Waals surface area contributed by atoms with Gasteiger partial charge in [0.1, 0.15) is 0 Å². The fourth-order valence-electron chi connectivity index (χ4n) is 1.43. The van der Waals surface area contributed by atoms with Crippen LogP contribution in [0, 0.1) is 0 Å². The summed E-state index contributed by atoms with van der Waals surface area (Å²) in [7, 11) is 2.90. The zero-order valence-electron chi connectivity index (χ0n) is 10.1. The van der Waals surface area contributed by atoms with Gasteiger partial charge < -0.3 is 15.3 Å². The van der Waals surface area contributed by atoms with Crippen molar-refractivity contribution in [1.29, 1.82) is 0 Å². The van der Waals surface area contributed by atoms with Crippen LogP contribution >= 0.6 is 0 Å². The molecule has 0 radical (unpaired) electrons. The summed E-state index contributed by atoms with van der Waals surface area (Å²) >= 11 is 0. The van der Waals surface area contributed by atoms with Crippen molar-refractivity contribution in [3.63, 3.8) is 0 Å². The van der Waals surface area contributed by atoms with E-state index in [1.165, 1.54) is 31.1 Å². The maximum absolute atomic E-state index is 12.0. The molecule has 0 heterocycles. The molecule has 2 amide bonds. The van der Waals surface area contributed by atoms with Crippen LogP contribution in [0.1, 0.15) is 20.7 Å². The van der Waals surface area contributed by atoms with Gasteiger partial charge in [-0.1, -0.05) is 12.1 Å². The predicted octanol–water partition coefficient (Wildman–Crippen LogP) is 0.203. The monoisotopic (exact) mass is 250 g/mol. The highest BCUT2D eigenvalue weighted by Gasteiger charge is 2.20. The van der Waals surface area contributed by atoms with Crippen LogP contribution in [-0.2, 0) is 4.79 Å². The molecule has 0 aromatic heterocycles. The maximum atomic E-state index is 12.0. The van der Waals surface area contributed by atoms with E-state index >= 15 is 0 Å². The molecule has 0 aliphatic carbocycles. The molecule has 6 heteroatoms. The van der Waals surface area contributed by atoms with Crippen molar-refractivity contribution in [2.24, 2.45) is 0 Å². The van der Waals surface area contributed by atoms with Crippen LogP contribution in [0.5, 0.6) is 0 Å². The largest absolute Gasteiger partial charge is 0.478 e. The number of carboxylic acid groups (broad SMARTS) is 1. The van der Waals surface area contributed by atoms with Crippen LogP contribution in [-0.4, -0.2) is 48.4 Å². The van der Waals surface area contributed by atoms with Crippen molar-refractivity contribution in [3.05, 3.63) is 35.4 Å². The van der Waals surface area contributed by atoms with Gasteiger partial charge in [-0.05, 0) is 12.1 Å². The van der Waals surface area contributed by atoms with E-state index in [1.54, 1.807) is 12.1 Å². The summed E-state index contributed by atoms with van der Waals surface area (Å²) in [5, 5.41) is 11.4. The van der Waals surface area contributed by atoms with Gasteiger partial charge in [-0.3, -0.25) is 9.59 Å². The van der Waals surface area contributed by atoms with Gasteiger partial charge in [0.05, 0.1) is 17.7 Å². The second kappa shape index (κ2) is 5.81. The van der Waals surface area contributed by atoms with E-state index < -0.39 is 11.9 Å². The molecule has 0 atom stereocenters. The predicted molar refractivity (Wildman–Crippen MR) is 64.4 cm³/mol. The smallest absolute Gasteiger partial charge is 0.336 e. The van der Waals surface area contributed by atoms with E-state index in [0.29, 0.717) is 0 Å². The number of carbonyl (C=O) groups is 3. The molecule has 18 heavy (non-hydrogen) atoms. The summed E-state index contributed by atoms with van der Waals surface area (Å²) in [5.74, 6) is -2.00. The average molecular weight is 250 g/mol. The third kappa shape index (κ3) is 3.07. The standard InChI is InChI=1S/C12H14N2O4/c1-13-10(15)7-14(2)11(16)8-5-3-4-6-9(8)12(17)18/h3-6H,7H2,1-2H3,(H,13,15)(H,17,18). The number of benzene rings is 1. The second-order valence-electron chi connectivity index (χ2n) is 3.69. The van der Waals surface area contributed by atoms with Crippen LogP contribution in [0.2, 0.25) is 0 Å². The highest BCUT2D eigenvalue weighted by Crippen LogP contribution is 2.11. The van der Waals surface area contributed by atoms with Crippen LogP contribution in [0.25, 0.3) is 0 Å². The lowest BCUT2D eigenvalue weighted by molar-refractivity contribution is -0.121. The Kier molecular flexibility index (Phi) is 4.42. The molecule has 1 aromatic rings. The van der Waals surface area contributed by atoms with Crippen molar-refractivity contribution in [1.82, 2.24) is 10.2 Å². The molecule has 0 fully saturated rings. The molecule has 0 saturated heterocycles. The Labute approximate surface area is 104 Å². The SMILES string of the molecule is CNC(=O)CN(C)C(=O)c1ccccc1C(=O)O. The van der Waals surface area contributed by atoms with Gasteiger partial charge >= 0.3 is 5.97 Å². The normalized spacial score (nSPS) is 9.67. The number of carboxylic acids is 1. The third-order valence-corrected chi connectivity index (χ3v) is 2.39. The van der Waals surface area contributed by atoms with E-state index in [-0.39, 0.29) is 23.6 Å². The Hall–Kier alpha value is -2.37. The number of amides is 2. The lowest BCUT2D eigenvalue weighted by Gasteiger charge is -2.17. The molecular weight excluding hydrogens is 236 g/mol. The first-order valence-electron chi connectivity index (χ1n) is 5.25. The molecule has 0 bridgehead atoms. The summed E-state index contributed by atoms with van der Waals surface area (Å²) in [6.07, 6.45) is 0. The Balaban J connectivity index is 2.97. The van der Waals surface area contributed by atoms with Crippen LogP contribution < -0.4 is 5.32 Å². The molecule has 2 N–H and O–H groups in total. The van der Waals surface area contributed by atoms with Crippen molar-refractivity contribution in [2.45, 2.75) is 0 Å². The van der Waals surface area contributed by atoms with E-state index in [2.05, 4.69) is 5.32 Å². The minimum atomic E-state index is -1.17. The van der Waals surface area contributed by atoms with Gasteiger partial charge in [-0.25, -0.2) is 4.79 Å². The maximum Gasteiger partial charge on any atom is 0.336 e. The molecule has 1 aromatic carbocycles. The number of hydrogen-bond donors (Lipinski definition) is 2. The zero-order valence-corrected chi connectivity index (χ0v) is 10.1. The van der Waals surface area contributed by atoms with Crippen molar-refractivity contribution >= 4 is 17.8 Å². The number of nitrogens with zero attached hydrogens (tertiary/aromatic N) is 1. The fourth-order valence-corrected chi connectivity index (χ4v) is 1.43. The number of likely N-dealkylation sites (N-methyl/N-ethyl adjacent to an activating group) is 2. The first-order valence-corrected chi connectivity index (χ1v) is 5.25. The average Bonchev–Trinajstić information content (AvgIpc) is 2.37. The van der Waals surface area contributed by atoms with E-state index in [4.69, 9.17) is 5.11 Å². The number of nitrogens with one attached hydrogen (secondary N) is 1. The van der Waals surface area contributed by atoms with Crippen molar-refractivity contribution in [3.8, 4) is 0 Å². The summed E-state index contributed by atoms with van der Waals surface area (Å²) < 4.78 is 0. The lowest BCUT2D eigenvalue weighted by atomic mass is 10.1. The molecule has 6 nitrogen and oxygen atoms in total. The van der Waals surface area contributed by atoms with Gasteiger partial charge in [0.2, 0.25) is 5.91 Å². The summed E-state index contributed by atoms with van der Waals surface area (Å²) in [6.45, 7) is -0.122. The highest BCUT2D eigenvalue weighted by atomic mass is 16.4. The number of rotatable bonds is 4. The van der Waals surface area contributed by atoms with Gasteiger partial charge in [0.15, 0.2) is 0 Å². The number of hydrogen-bond acceptors (Lipinski definition) is 3. The molecule has 0 saturated carbocycles.